The Morgan fingerprint density at radius 3 is 2.51 bits per heavy atom. The average molecular weight is 518 g/mol. The number of rotatable bonds is 4. The molecule has 5 N–H and O–H groups in total. The molecular formula is C27H35N9S. The summed E-state index contributed by atoms with van der Waals surface area (Å²) in [5, 5.41) is 2.66. The Balaban J connectivity index is 1.06. The molecule has 0 spiro atoms. The highest BCUT2D eigenvalue weighted by atomic mass is 32.1. The highest BCUT2D eigenvalue weighted by Gasteiger charge is 2.43. The average Bonchev–Trinajstić information content (AvgIpc) is 3.68. The first-order valence-corrected chi connectivity index (χ1v) is 14.2. The predicted molar refractivity (Wildman–Crippen MR) is 149 cm³/mol. The molecule has 2 bridgehead atoms. The van der Waals surface area contributed by atoms with Gasteiger partial charge in [0.1, 0.15) is 11.2 Å². The van der Waals surface area contributed by atoms with E-state index in [4.69, 9.17) is 11.5 Å². The number of nitrogens with one attached hydrogen (secondary N) is 1. The summed E-state index contributed by atoms with van der Waals surface area (Å²) in [4.78, 5) is 21.0. The Bertz CT molecular complexity index is 1360. The van der Waals surface area contributed by atoms with Gasteiger partial charge in [0.2, 0.25) is 11.7 Å². The fourth-order valence-corrected chi connectivity index (χ4v) is 8.00. The molecule has 4 aliphatic rings. The van der Waals surface area contributed by atoms with Crippen molar-refractivity contribution >= 4 is 39.0 Å². The molecule has 2 aromatic heterocycles. The highest BCUT2D eigenvalue weighted by Crippen LogP contribution is 2.47. The van der Waals surface area contributed by atoms with Gasteiger partial charge in [-0.3, -0.25) is 10.6 Å². The van der Waals surface area contributed by atoms with Crippen molar-refractivity contribution < 1.29 is 0 Å². The van der Waals surface area contributed by atoms with Crippen LogP contribution in [0.25, 0.3) is 10.2 Å². The molecular weight excluding hydrogens is 482 g/mol. The smallest absolute Gasteiger partial charge is 0.215 e. The van der Waals surface area contributed by atoms with Crippen molar-refractivity contribution in [2.24, 2.45) is 28.3 Å². The standard InChI is InChI=1S/C27H35N9S/c1-16-17(2)37-25-23(16)24(30-15-31-25)36-26(28)32-27(29,33-36)20-5-7-21(8-6-20)34-9-11-35(12-10-34)22-14-18-3-4-19(22)13-18/h5-8,15,18-19,22,33H,3-4,9-14,29H2,1-2H3,(H2,28,32). The van der Waals surface area contributed by atoms with Gasteiger partial charge in [-0.05, 0) is 62.6 Å². The first-order valence-electron chi connectivity index (χ1n) is 13.4. The van der Waals surface area contributed by atoms with Crippen LogP contribution < -0.4 is 26.8 Å². The minimum absolute atomic E-state index is 0.284. The Hall–Kier alpha value is -2.79. The van der Waals surface area contributed by atoms with Crippen LogP contribution in [-0.4, -0.2) is 53.0 Å². The number of nitrogens with zero attached hydrogens (tertiary/aromatic N) is 6. The zero-order valence-electron chi connectivity index (χ0n) is 21.5. The van der Waals surface area contributed by atoms with Crippen LogP contribution in [0.4, 0.5) is 11.5 Å². The molecule has 0 radical (unpaired) electrons. The molecule has 10 heteroatoms. The van der Waals surface area contributed by atoms with Crippen molar-refractivity contribution in [3.05, 3.63) is 46.6 Å². The summed E-state index contributed by atoms with van der Waals surface area (Å²) in [6.07, 6.45) is 7.38. The van der Waals surface area contributed by atoms with E-state index in [0.717, 1.165) is 65.4 Å². The lowest BCUT2D eigenvalue weighted by Crippen LogP contribution is -2.53. The third-order valence-corrected chi connectivity index (χ3v) is 10.2. The van der Waals surface area contributed by atoms with Gasteiger partial charge in [-0.1, -0.05) is 18.6 Å². The van der Waals surface area contributed by atoms with Crippen LogP contribution in [0.2, 0.25) is 0 Å². The normalized spacial score (nSPS) is 30.0. The first kappa shape index (κ1) is 23.3. The van der Waals surface area contributed by atoms with Crippen molar-refractivity contribution in [3.8, 4) is 0 Å². The second-order valence-electron chi connectivity index (χ2n) is 11.2. The van der Waals surface area contributed by atoms with Crippen molar-refractivity contribution in [2.45, 2.75) is 51.4 Å². The van der Waals surface area contributed by atoms with Gasteiger partial charge in [0.25, 0.3) is 0 Å². The second kappa shape index (κ2) is 8.62. The predicted octanol–water partition coefficient (Wildman–Crippen LogP) is 3.03. The van der Waals surface area contributed by atoms with Crippen LogP contribution in [0.1, 0.15) is 41.7 Å². The topological polar surface area (TPSA) is 112 Å². The molecule has 3 aromatic rings. The zero-order valence-corrected chi connectivity index (χ0v) is 22.3. The quantitative estimate of drug-likeness (QED) is 0.484. The maximum absolute atomic E-state index is 6.75. The molecule has 4 unspecified atom stereocenters. The lowest BCUT2D eigenvalue weighted by atomic mass is 9.93. The Morgan fingerprint density at radius 1 is 1.03 bits per heavy atom. The summed E-state index contributed by atoms with van der Waals surface area (Å²) in [5.74, 6) is 1.74. The first-order chi connectivity index (χ1) is 17.9. The number of thiophene rings is 1. The van der Waals surface area contributed by atoms with E-state index in [1.807, 2.05) is 0 Å². The van der Waals surface area contributed by atoms with E-state index in [9.17, 15) is 0 Å². The number of benzene rings is 1. The summed E-state index contributed by atoms with van der Waals surface area (Å²) in [6, 6.07) is 9.25. The second-order valence-corrected chi connectivity index (χ2v) is 12.4. The van der Waals surface area contributed by atoms with Gasteiger partial charge in [-0.25, -0.2) is 20.0 Å². The minimum Gasteiger partial charge on any atom is -0.369 e. The van der Waals surface area contributed by atoms with Gasteiger partial charge in [0, 0.05) is 48.3 Å². The number of hydrogen-bond acceptors (Lipinski definition) is 10. The number of hydrazine groups is 1. The molecule has 0 amide bonds. The van der Waals surface area contributed by atoms with E-state index in [0.29, 0.717) is 5.82 Å². The molecule has 4 atom stereocenters. The van der Waals surface area contributed by atoms with Crippen LogP contribution in [0, 0.1) is 25.7 Å². The van der Waals surface area contributed by atoms with Gasteiger partial charge in [-0.2, -0.15) is 5.43 Å². The number of nitrogens with two attached hydrogens (primary N) is 2. The molecule has 4 heterocycles. The molecule has 9 nitrogen and oxygen atoms in total. The molecule has 2 aliphatic carbocycles. The molecule has 3 fully saturated rings. The molecule has 1 saturated heterocycles. The third kappa shape index (κ3) is 3.80. The molecule has 194 valence electrons. The monoisotopic (exact) mass is 517 g/mol. The molecule has 37 heavy (non-hydrogen) atoms. The number of anilines is 2. The Labute approximate surface area is 221 Å². The summed E-state index contributed by atoms with van der Waals surface area (Å²) in [5.41, 5.74) is 19.7. The Kier molecular flexibility index (Phi) is 5.44. The number of hydrogen-bond donors (Lipinski definition) is 3. The van der Waals surface area contributed by atoms with Gasteiger partial charge >= 0.3 is 0 Å². The number of aliphatic imine (C=N–C) groups is 1. The van der Waals surface area contributed by atoms with E-state index in [1.165, 1.54) is 36.2 Å². The number of piperazine rings is 1. The fraction of sp³-hybridized carbons (Fsp3) is 0.519. The fourth-order valence-electron chi connectivity index (χ4n) is 7.00. The van der Waals surface area contributed by atoms with E-state index in [-0.39, 0.29) is 5.96 Å². The molecule has 7 rings (SSSR count). The van der Waals surface area contributed by atoms with E-state index in [2.05, 4.69) is 68.3 Å². The summed E-state index contributed by atoms with van der Waals surface area (Å²) < 4.78 is 0. The van der Waals surface area contributed by atoms with Gasteiger partial charge in [-0.15, -0.1) is 11.3 Å². The van der Waals surface area contributed by atoms with Gasteiger partial charge in [0.05, 0.1) is 5.39 Å². The van der Waals surface area contributed by atoms with Crippen molar-refractivity contribution in [3.63, 3.8) is 0 Å². The number of aryl methyl sites for hydroxylation is 2. The van der Waals surface area contributed by atoms with Crippen LogP contribution >= 0.6 is 11.3 Å². The number of fused-ring (bicyclic) bond motifs is 3. The van der Waals surface area contributed by atoms with Gasteiger partial charge < -0.3 is 10.6 Å². The Morgan fingerprint density at radius 2 is 1.81 bits per heavy atom. The maximum Gasteiger partial charge on any atom is 0.215 e. The summed E-state index contributed by atoms with van der Waals surface area (Å²) in [6.45, 7) is 8.62. The zero-order chi connectivity index (χ0) is 25.3. The lowest BCUT2D eigenvalue weighted by Gasteiger charge is -2.42. The van der Waals surface area contributed by atoms with Crippen molar-refractivity contribution in [2.75, 3.05) is 36.1 Å². The van der Waals surface area contributed by atoms with E-state index >= 15 is 0 Å². The molecule has 1 aromatic carbocycles. The van der Waals surface area contributed by atoms with Crippen molar-refractivity contribution in [1.82, 2.24) is 20.3 Å². The van der Waals surface area contributed by atoms with Crippen LogP contribution in [0.5, 0.6) is 0 Å². The maximum atomic E-state index is 6.75. The van der Waals surface area contributed by atoms with E-state index < -0.39 is 5.79 Å². The van der Waals surface area contributed by atoms with Crippen LogP contribution in [-0.2, 0) is 5.79 Å². The van der Waals surface area contributed by atoms with Gasteiger partial charge in [0.15, 0.2) is 5.82 Å². The van der Waals surface area contributed by atoms with E-state index in [1.54, 1.807) is 22.7 Å². The number of guanidine groups is 1. The minimum atomic E-state index is -1.17. The molecule has 2 saturated carbocycles. The molecule has 2 aliphatic heterocycles. The van der Waals surface area contributed by atoms with Crippen LogP contribution in [0.3, 0.4) is 0 Å². The van der Waals surface area contributed by atoms with Crippen LogP contribution in [0.15, 0.2) is 35.6 Å². The SMILES string of the molecule is Cc1sc2ncnc(N3NC(N)(c4ccc(N5CCN(C6CC7CCC6C7)CC5)cc4)N=C3N)c2c1C. The highest BCUT2D eigenvalue weighted by molar-refractivity contribution is 7.18. The number of aromatic nitrogens is 2. The summed E-state index contributed by atoms with van der Waals surface area (Å²) >= 11 is 1.65. The summed E-state index contributed by atoms with van der Waals surface area (Å²) in [7, 11) is 0. The third-order valence-electron chi connectivity index (χ3n) is 9.12. The van der Waals surface area contributed by atoms with Crippen molar-refractivity contribution in [1.29, 1.82) is 0 Å². The lowest BCUT2D eigenvalue weighted by molar-refractivity contribution is 0.135. The largest absolute Gasteiger partial charge is 0.369 e.